The molecule has 0 saturated carbocycles. The van der Waals surface area contributed by atoms with Crippen LogP contribution in [0.1, 0.15) is 27.6 Å². The molecule has 0 aliphatic rings. The Balaban J connectivity index is 2.26. The maximum atomic E-state index is 12.6. The fourth-order valence-corrected chi connectivity index (χ4v) is 2.52. The summed E-state index contributed by atoms with van der Waals surface area (Å²) in [6, 6.07) is 10.2. The number of hydrogen-bond donors (Lipinski definition) is 3. The summed E-state index contributed by atoms with van der Waals surface area (Å²) in [7, 11) is 2.36. The lowest BCUT2D eigenvalue weighted by molar-refractivity contribution is -0.113. The summed E-state index contributed by atoms with van der Waals surface area (Å²) in [5, 5.41) is 28.9. The molecule has 0 atom stereocenters. The monoisotopic (exact) mass is 457 g/mol. The van der Waals surface area contributed by atoms with Crippen LogP contribution in [0, 0.1) is 0 Å². The van der Waals surface area contributed by atoms with Gasteiger partial charge in [0, 0.05) is 5.69 Å². The molecule has 2 aromatic rings. The van der Waals surface area contributed by atoms with Crippen molar-refractivity contribution in [3.63, 3.8) is 0 Å². The first-order chi connectivity index (χ1) is 15.8. The molecule has 0 saturated heterocycles. The zero-order chi connectivity index (χ0) is 24.4. The van der Waals surface area contributed by atoms with Crippen molar-refractivity contribution in [1.82, 2.24) is 0 Å². The highest BCUT2D eigenvalue weighted by molar-refractivity contribution is 6.03. The molecule has 2 rings (SSSR count). The highest BCUT2D eigenvalue weighted by atomic mass is 16.5. The Kier molecular flexibility index (Phi) is 9.06. The molecule has 1 amide bonds. The second kappa shape index (κ2) is 12.0. The van der Waals surface area contributed by atoms with Gasteiger partial charge in [0.1, 0.15) is 18.1 Å². The summed E-state index contributed by atoms with van der Waals surface area (Å²) >= 11 is 0. The minimum absolute atomic E-state index is 0.0218. The Morgan fingerprint density at radius 1 is 0.970 bits per heavy atom. The molecule has 2 aromatic carbocycles. The van der Waals surface area contributed by atoms with E-state index in [1.54, 1.807) is 24.3 Å². The lowest BCUT2D eigenvalue weighted by Gasteiger charge is -2.08. The number of ether oxygens (including phenoxy) is 3. The van der Waals surface area contributed by atoms with Gasteiger partial charge in [-0.1, -0.05) is 0 Å². The number of hydrogen-bond acceptors (Lipinski definition) is 10. The maximum Gasteiger partial charge on any atom is 0.337 e. The van der Waals surface area contributed by atoms with Crippen LogP contribution < -0.4 is 10.1 Å². The van der Waals surface area contributed by atoms with E-state index < -0.39 is 29.3 Å². The number of benzene rings is 2. The van der Waals surface area contributed by atoms with Crippen LogP contribution in [0.5, 0.6) is 5.75 Å². The average Bonchev–Trinajstić information content (AvgIpc) is 2.82. The van der Waals surface area contributed by atoms with Gasteiger partial charge in [-0.25, -0.2) is 9.59 Å². The number of esters is 2. The number of azo groups is 1. The molecule has 33 heavy (non-hydrogen) atoms. The van der Waals surface area contributed by atoms with Gasteiger partial charge < -0.3 is 29.7 Å². The van der Waals surface area contributed by atoms with Gasteiger partial charge in [-0.05, 0) is 49.4 Å². The van der Waals surface area contributed by atoms with Crippen molar-refractivity contribution in [2.75, 3.05) is 32.8 Å². The highest BCUT2D eigenvalue weighted by Gasteiger charge is 2.16. The molecule has 0 fully saturated rings. The van der Waals surface area contributed by atoms with Gasteiger partial charge in [-0.2, -0.15) is 5.11 Å². The molecule has 11 heteroatoms. The normalized spacial score (nSPS) is 11.5. The molecular formula is C22H23N3O8. The van der Waals surface area contributed by atoms with Gasteiger partial charge >= 0.3 is 11.9 Å². The topological polar surface area (TPSA) is 156 Å². The van der Waals surface area contributed by atoms with Gasteiger partial charge in [0.25, 0.3) is 5.91 Å². The molecule has 0 aliphatic heterocycles. The van der Waals surface area contributed by atoms with E-state index in [-0.39, 0.29) is 30.0 Å². The number of anilines is 1. The van der Waals surface area contributed by atoms with E-state index in [2.05, 4.69) is 25.0 Å². The fraction of sp³-hybridized carbons (Fsp3) is 0.227. The van der Waals surface area contributed by atoms with E-state index >= 15 is 0 Å². The molecule has 174 valence electrons. The first kappa shape index (κ1) is 25.0. The zero-order valence-electron chi connectivity index (χ0n) is 18.2. The molecule has 0 bridgehead atoms. The van der Waals surface area contributed by atoms with Crippen molar-refractivity contribution in [1.29, 1.82) is 0 Å². The Hall–Kier alpha value is -4.25. The summed E-state index contributed by atoms with van der Waals surface area (Å²) < 4.78 is 14.6. The Morgan fingerprint density at radius 2 is 1.55 bits per heavy atom. The smallest absolute Gasteiger partial charge is 0.337 e. The number of carbonyl (C=O) groups is 3. The Morgan fingerprint density at radius 3 is 2.03 bits per heavy atom. The van der Waals surface area contributed by atoms with Crippen molar-refractivity contribution in [2.45, 2.75) is 6.92 Å². The summed E-state index contributed by atoms with van der Waals surface area (Å²) in [4.78, 5) is 36.4. The van der Waals surface area contributed by atoms with E-state index in [0.717, 1.165) is 0 Å². The summed E-state index contributed by atoms with van der Waals surface area (Å²) in [5.41, 5.74) is 0.0991. The number of nitrogens with one attached hydrogen (secondary N) is 1. The molecule has 0 heterocycles. The molecule has 0 spiro atoms. The minimum Gasteiger partial charge on any atom is -0.510 e. The third-order valence-electron chi connectivity index (χ3n) is 4.06. The maximum absolute atomic E-state index is 12.6. The number of aliphatic hydroxyl groups is 2. The van der Waals surface area contributed by atoms with Gasteiger partial charge in [-0.3, -0.25) is 4.79 Å². The molecule has 0 unspecified atom stereocenters. The van der Waals surface area contributed by atoms with Crippen LogP contribution in [0.2, 0.25) is 0 Å². The molecule has 3 N–H and O–H groups in total. The Labute approximate surface area is 189 Å². The number of allylic oxidation sites excluding steroid dienone is 1. The van der Waals surface area contributed by atoms with E-state index in [0.29, 0.717) is 11.4 Å². The molecule has 11 nitrogen and oxygen atoms in total. The van der Waals surface area contributed by atoms with Crippen molar-refractivity contribution in [2.24, 2.45) is 10.2 Å². The molecule has 0 aromatic heterocycles. The van der Waals surface area contributed by atoms with Crippen LogP contribution in [0.4, 0.5) is 11.4 Å². The van der Waals surface area contributed by atoms with Gasteiger partial charge in [0.2, 0.25) is 0 Å². The van der Waals surface area contributed by atoms with Crippen molar-refractivity contribution in [3.8, 4) is 5.75 Å². The third kappa shape index (κ3) is 7.14. The average molecular weight is 457 g/mol. The SMILES string of the molecule is COC(=O)c1cc(N=NC(C(=O)Nc2ccc(OCCO)cc2)=C(C)O)cc(C(=O)OC)c1. The van der Waals surface area contributed by atoms with Crippen LogP contribution >= 0.6 is 0 Å². The number of methoxy groups -OCH3 is 2. The second-order valence-electron chi connectivity index (χ2n) is 6.44. The van der Waals surface area contributed by atoms with Crippen LogP contribution in [-0.2, 0) is 14.3 Å². The van der Waals surface area contributed by atoms with E-state index in [1.807, 2.05) is 0 Å². The zero-order valence-corrected chi connectivity index (χ0v) is 18.2. The number of nitrogens with zero attached hydrogens (tertiary/aromatic N) is 2. The molecule has 0 aliphatic carbocycles. The van der Waals surface area contributed by atoms with Crippen LogP contribution in [-0.4, -0.2) is 55.5 Å². The molecular weight excluding hydrogens is 434 g/mol. The second-order valence-corrected chi connectivity index (χ2v) is 6.44. The molecule has 0 radical (unpaired) electrons. The summed E-state index contributed by atoms with van der Waals surface area (Å²) in [6.45, 7) is 1.26. The predicted octanol–water partition coefficient (Wildman–Crippen LogP) is 3.14. The fourth-order valence-electron chi connectivity index (χ4n) is 2.52. The van der Waals surface area contributed by atoms with Crippen molar-refractivity contribution < 1.29 is 38.8 Å². The predicted molar refractivity (Wildman–Crippen MR) is 117 cm³/mol. The van der Waals surface area contributed by atoms with E-state index in [9.17, 15) is 19.5 Å². The first-order valence-corrected chi connectivity index (χ1v) is 9.57. The number of amides is 1. The first-order valence-electron chi connectivity index (χ1n) is 9.57. The van der Waals surface area contributed by atoms with Crippen LogP contribution in [0.15, 0.2) is 64.1 Å². The quantitative estimate of drug-likeness (QED) is 0.224. The number of carbonyl (C=O) groups excluding carboxylic acids is 3. The van der Waals surface area contributed by atoms with Gasteiger partial charge in [0.15, 0.2) is 5.70 Å². The van der Waals surface area contributed by atoms with Crippen LogP contribution in [0.3, 0.4) is 0 Å². The summed E-state index contributed by atoms with van der Waals surface area (Å²) in [6.07, 6.45) is 0. The summed E-state index contributed by atoms with van der Waals surface area (Å²) in [5.74, 6) is -2.08. The lowest BCUT2D eigenvalue weighted by atomic mass is 10.1. The largest absolute Gasteiger partial charge is 0.510 e. The Bertz CT molecular complexity index is 1040. The standard InChI is InChI=1S/C22H23N3O8/c1-13(27)19(20(28)23-16-4-6-18(7-5-16)33-9-8-26)25-24-17-11-14(21(29)31-2)10-15(12-17)22(30)32-3/h4-7,10-12,26-27H,8-9H2,1-3H3,(H,23,28). The lowest BCUT2D eigenvalue weighted by Crippen LogP contribution is -2.14. The number of rotatable bonds is 9. The van der Waals surface area contributed by atoms with Gasteiger partial charge in [0.05, 0.1) is 37.6 Å². The van der Waals surface area contributed by atoms with Crippen molar-refractivity contribution in [3.05, 3.63) is 65.0 Å². The van der Waals surface area contributed by atoms with E-state index in [4.69, 9.17) is 9.84 Å². The third-order valence-corrected chi connectivity index (χ3v) is 4.06. The van der Waals surface area contributed by atoms with E-state index in [1.165, 1.54) is 39.3 Å². The minimum atomic E-state index is -0.750. The van der Waals surface area contributed by atoms with Crippen molar-refractivity contribution >= 4 is 29.2 Å². The highest BCUT2D eigenvalue weighted by Crippen LogP contribution is 2.22. The van der Waals surface area contributed by atoms with Crippen LogP contribution in [0.25, 0.3) is 0 Å². The number of aliphatic hydroxyl groups excluding tert-OH is 2. The van der Waals surface area contributed by atoms with Gasteiger partial charge in [-0.15, -0.1) is 5.11 Å².